The highest BCUT2D eigenvalue weighted by Gasteiger charge is 2.20. The van der Waals surface area contributed by atoms with Crippen LogP contribution in [0.15, 0.2) is 49.1 Å². The predicted octanol–water partition coefficient (Wildman–Crippen LogP) is 0.633. The van der Waals surface area contributed by atoms with Crippen LogP contribution in [0.4, 0.5) is 0 Å². The lowest BCUT2D eigenvalue weighted by molar-refractivity contribution is 0.0615. The zero-order valence-electron chi connectivity index (χ0n) is 9.35. The molecule has 6 heteroatoms. The summed E-state index contributed by atoms with van der Waals surface area (Å²) >= 11 is 0. The Morgan fingerprint density at radius 3 is 1.50 bits per heavy atom. The molecule has 0 aromatic carbocycles. The quantitative estimate of drug-likeness (QED) is 0.361. The molecule has 2 amide bonds. The van der Waals surface area contributed by atoms with E-state index < -0.39 is 11.8 Å². The van der Waals surface area contributed by atoms with Crippen LogP contribution < -0.4 is 5.84 Å². The van der Waals surface area contributed by atoms with Gasteiger partial charge in [-0.2, -0.15) is 0 Å². The van der Waals surface area contributed by atoms with Crippen LogP contribution in [0.25, 0.3) is 0 Å². The van der Waals surface area contributed by atoms with E-state index in [9.17, 15) is 9.59 Å². The number of nitrogens with two attached hydrogens (primary N) is 1. The molecule has 2 rings (SSSR count). The fraction of sp³-hybridized carbons (Fsp3) is 0. The molecule has 2 aromatic heterocycles. The van der Waals surface area contributed by atoms with E-state index in [2.05, 4.69) is 9.97 Å². The van der Waals surface area contributed by atoms with Gasteiger partial charge in [-0.25, -0.2) is 10.9 Å². The van der Waals surface area contributed by atoms with Crippen molar-refractivity contribution in [2.24, 2.45) is 5.84 Å². The van der Waals surface area contributed by atoms with Crippen molar-refractivity contribution in [3.63, 3.8) is 0 Å². The third-order valence-corrected chi connectivity index (χ3v) is 2.29. The van der Waals surface area contributed by atoms with Crippen LogP contribution >= 0.6 is 0 Å². The van der Waals surface area contributed by atoms with Crippen LogP contribution in [-0.4, -0.2) is 26.8 Å². The molecular formula is C12H10N4O2. The second-order valence-corrected chi connectivity index (χ2v) is 3.45. The molecule has 0 unspecified atom stereocenters. The first-order valence-electron chi connectivity index (χ1n) is 5.13. The van der Waals surface area contributed by atoms with E-state index in [1.54, 1.807) is 0 Å². The highest BCUT2D eigenvalue weighted by atomic mass is 16.2. The van der Waals surface area contributed by atoms with Crippen molar-refractivity contribution in [1.29, 1.82) is 0 Å². The fourth-order valence-electron chi connectivity index (χ4n) is 1.36. The van der Waals surface area contributed by atoms with Crippen LogP contribution in [0.5, 0.6) is 0 Å². The number of hydrogen-bond donors (Lipinski definition) is 1. The molecule has 0 radical (unpaired) electrons. The predicted molar refractivity (Wildman–Crippen MR) is 63.2 cm³/mol. The van der Waals surface area contributed by atoms with Crippen molar-refractivity contribution in [3.8, 4) is 0 Å². The summed E-state index contributed by atoms with van der Waals surface area (Å²) in [6.07, 6.45) is 5.83. The van der Waals surface area contributed by atoms with Gasteiger partial charge in [-0.3, -0.25) is 19.6 Å². The Balaban J connectivity index is 2.20. The maximum absolute atomic E-state index is 11.9. The maximum atomic E-state index is 11.9. The first-order valence-corrected chi connectivity index (χ1v) is 5.13. The number of imide groups is 1. The van der Waals surface area contributed by atoms with Gasteiger partial charge in [0.1, 0.15) is 0 Å². The summed E-state index contributed by atoms with van der Waals surface area (Å²) in [4.78, 5) is 31.4. The molecule has 0 aliphatic carbocycles. The summed E-state index contributed by atoms with van der Waals surface area (Å²) in [5.41, 5.74) is 0.602. The number of nitrogens with zero attached hydrogens (tertiary/aromatic N) is 3. The largest absolute Gasteiger partial charge is 0.275 e. The summed E-state index contributed by atoms with van der Waals surface area (Å²) < 4.78 is 0. The normalized spacial score (nSPS) is 9.83. The highest BCUT2D eigenvalue weighted by Crippen LogP contribution is 2.05. The molecule has 0 spiro atoms. The second-order valence-electron chi connectivity index (χ2n) is 3.45. The van der Waals surface area contributed by atoms with E-state index in [-0.39, 0.29) is 0 Å². The van der Waals surface area contributed by atoms with Gasteiger partial charge in [0.05, 0.1) is 0 Å². The van der Waals surface area contributed by atoms with E-state index in [1.807, 2.05) is 0 Å². The first kappa shape index (κ1) is 11.9. The summed E-state index contributed by atoms with van der Waals surface area (Å²) in [6.45, 7) is 0. The number of hydrazine groups is 1. The first-order chi connectivity index (χ1) is 8.70. The minimum atomic E-state index is -0.584. The molecule has 90 valence electrons. The lowest BCUT2D eigenvalue weighted by atomic mass is 10.2. The van der Waals surface area contributed by atoms with Crippen molar-refractivity contribution in [2.45, 2.75) is 0 Å². The van der Waals surface area contributed by atoms with Crippen LogP contribution in [0.3, 0.4) is 0 Å². The van der Waals surface area contributed by atoms with Gasteiger partial charge in [0.2, 0.25) is 0 Å². The molecule has 0 saturated carbocycles. The Hall–Kier alpha value is -2.60. The molecule has 2 N–H and O–H groups in total. The molecule has 0 aliphatic heterocycles. The number of hydrogen-bond acceptors (Lipinski definition) is 5. The van der Waals surface area contributed by atoms with E-state index >= 15 is 0 Å². The van der Waals surface area contributed by atoms with E-state index in [0.717, 1.165) is 0 Å². The van der Waals surface area contributed by atoms with Crippen molar-refractivity contribution >= 4 is 11.8 Å². The standard InChI is InChI=1S/C12H10N4O2/c13-16(11(17)9-1-5-14-6-2-9)12(18)10-3-7-15-8-4-10/h1-8H,13H2. The van der Waals surface area contributed by atoms with Gasteiger partial charge in [-0.1, -0.05) is 0 Å². The smallest absolute Gasteiger partial charge is 0.267 e. The lowest BCUT2D eigenvalue weighted by Gasteiger charge is -2.14. The zero-order valence-corrected chi connectivity index (χ0v) is 9.35. The fourth-order valence-corrected chi connectivity index (χ4v) is 1.36. The van der Waals surface area contributed by atoms with Gasteiger partial charge in [0.15, 0.2) is 0 Å². The number of pyridine rings is 2. The molecule has 0 saturated heterocycles. The summed E-state index contributed by atoms with van der Waals surface area (Å²) in [7, 11) is 0. The third kappa shape index (κ3) is 2.38. The number of amides is 2. The Bertz CT molecular complexity index is 505. The highest BCUT2D eigenvalue weighted by molar-refractivity contribution is 6.09. The molecule has 0 aliphatic rings. The lowest BCUT2D eigenvalue weighted by Crippen LogP contribution is -2.42. The number of aromatic nitrogens is 2. The molecule has 2 aromatic rings. The summed E-state index contributed by atoms with van der Waals surface area (Å²) in [5.74, 6) is 4.35. The minimum absolute atomic E-state index is 0.301. The number of carbonyl (C=O) groups is 2. The monoisotopic (exact) mass is 242 g/mol. The third-order valence-electron chi connectivity index (χ3n) is 2.29. The van der Waals surface area contributed by atoms with Gasteiger partial charge in [0, 0.05) is 35.9 Å². The number of carbonyl (C=O) groups excluding carboxylic acids is 2. The Morgan fingerprint density at radius 1 is 0.833 bits per heavy atom. The van der Waals surface area contributed by atoms with Gasteiger partial charge < -0.3 is 0 Å². The maximum Gasteiger partial charge on any atom is 0.275 e. The van der Waals surface area contributed by atoms with Crippen LogP contribution in [0, 0.1) is 0 Å². The molecule has 2 heterocycles. The van der Waals surface area contributed by atoms with Crippen molar-refractivity contribution < 1.29 is 9.59 Å². The van der Waals surface area contributed by atoms with E-state index in [1.165, 1.54) is 49.1 Å². The Kier molecular flexibility index (Phi) is 3.40. The Labute approximate surface area is 103 Å². The topological polar surface area (TPSA) is 89.2 Å². The average Bonchev–Trinajstić information content (AvgIpc) is 2.47. The van der Waals surface area contributed by atoms with Gasteiger partial charge in [-0.05, 0) is 24.3 Å². The Morgan fingerprint density at radius 2 is 1.17 bits per heavy atom. The number of rotatable bonds is 2. The van der Waals surface area contributed by atoms with Crippen LogP contribution in [0.1, 0.15) is 20.7 Å². The van der Waals surface area contributed by atoms with Crippen LogP contribution in [-0.2, 0) is 0 Å². The van der Waals surface area contributed by atoms with E-state index in [0.29, 0.717) is 16.1 Å². The molecule has 0 fully saturated rings. The molecule has 18 heavy (non-hydrogen) atoms. The molecular weight excluding hydrogens is 232 g/mol. The van der Waals surface area contributed by atoms with Crippen molar-refractivity contribution in [2.75, 3.05) is 0 Å². The average molecular weight is 242 g/mol. The van der Waals surface area contributed by atoms with Gasteiger partial charge in [0.25, 0.3) is 11.8 Å². The van der Waals surface area contributed by atoms with Gasteiger partial charge >= 0.3 is 0 Å². The molecule has 0 bridgehead atoms. The van der Waals surface area contributed by atoms with Gasteiger partial charge in [-0.15, -0.1) is 0 Å². The summed E-state index contributed by atoms with van der Waals surface area (Å²) in [6, 6.07) is 5.95. The van der Waals surface area contributed by atoms with Crippen LogP contribution in [0.2, 0.25) is 0 Å². The zero-order chi connectivity index (χ0) is 13.0. The van der Waals surface area contributed by atoms with E-state index in [4.69, 9.17) is 5.84 Å². The second kappa shape index (κ2) is 5.15. The minimum Gasteiger partial charge on any atom is -0.267 e. The van der Waals surface area contributed by atoms with Crippen molar-refractivity contribution in [1.82, 2.24) is 15.0 Å². The SMILES string of the molecule is NN(C(=O)c1ccncc1)C(=O)c1ccncc1. The summed E-state index contributed by atoms with van der Waals surface area (Å²) in [5, 5.41) is 0.574. The van der Waals surface area contributed by atoms with Crippen molar-refractivity contribution in [3.05, 3.63) is 60.2 Å². The molecule has 0 atom stereocenters. The molecule has 6 nitrogen and oxygen atoms in total.